The van der Waals surface area contributed by atoms with Crippen LogP contribution in [0.25, 0.3) is 16.7 Å². The number of halogens is 2. The second kappa shape index (κ2) is 6.59. The van der Waals surface area contributed by atoms with Crippen LogP contribution < -0.4 is 10.2 Å². The van der Waals surface area contributed by atoms with Gasteiger partial charge in [-0.15, -0.1) is 4.34 Å². The number of carbonyl (C=O) groups excluding carboxylic acids is 1. The van der Waals surface area contributed by atoms with Crippen molar-refractivity contribution in [3.05, 3.63) is 51.7 Å². The molecule has 0 saturated heterocycles. The van der Waals surface area contributed by atoms with E-state index in [4.69, 9.17) is 0 Å². The highest BCUT2D eigenvalue weighted by Gasteiger charge is 2.25. The molecule has 10 heteroatoms. The summed E-state index contributed by atoms with van der Waals surface area (Å²) in [5, 5.41) is 15.0. The number of fused-ring (bicyclic) bond motifs is 1. The molecule has 0 bridgehead atoms. The zero-order valence-electron chi connectivity index (χ0n) is 12.7. The first-order chi connectivity index (χ1) is 11.8. The first kappa shape index (κ1) is 17.6. The van der Waals surface area contributed by atoms with Crippen LogP contribution in [0.2, 0.25) is 0 Å². The molecule has 2 N–H and O–H groups in total. The molecular formula is C15H11F2N2O4PS. The maximum atomic E-state index is 13.6. The lowest BCUT2D eigenvalue weighted by Crippen LogP contribution is -2.14. The molecule has 1 aromatic heterocycles. The number of thioether (sulfide) groups is 1. The SMILES string of the molecule is CCC(=O)C1=CSC(=C(O)c2cn([P+](=O)[O-])c3cc(F)c(F)cc23)N1. The van der Waals surface area contributed by atoms with E-state index < -0.39 is 19.8 Å². The lowest BCUT2D eigenvalue weighted by molar-refractivity contribution is -0.166. The number of hydrogen-bond acceptors (Lipinski definition) is 6. The Morgan fingerprint density at radius 2 is 2.08 bits per heavy atom. The Morgan fingerprint density at radius 3 is 2.72 bits per heavy atom. The van der Waals surface area contributed by atoms with Crippen molar-refractivity contribution >= 4 is 42.4 Å². The topological polar surface area (TPSA) is 94.4 Å². The maximum absolute atomic E-state index is 13.6. The van der Waals surface area contributed by atoms with Crippen molar-refractivity contribution in [1.29, 1.82) is 0 Å². The number of hydrogen-bond donors (Lipinski definition) is 2. The minimum Gasteiger partial charge on any atom is -0.573 e. The van der Waals surface area contributed by atoms with Crippen LogP contribution in [0.1, 0.15) is 18.9 Å². The van der Waals surface area contributed by atoms with Gasteiger partial charge in [0.1, 0.15) is 5.03 Å². The number of nitrogens with zero attached hydrogens (tertiary/aromatic N) is 1. The summed E-state index contributed by atoms with van der Waals surface area (Å²) in [6.45, 7) is 1.69. The number of ketones is 1. The van der Waals surface area contributed by atoms with Crippen LogP contribution in [-0.4, -0.2) is 15.2 Å². The largest absolute Gasteiger partial charge is 0.573 e. The Labute approximate surface area is 145 Å². The predicted molar refractivity (Wildman–Crippen MR) is 88.5 cm³/mol. The number of aromatic nitrogens is 1. The van der Waals surface area contributed by atoms with Crippen molar-refractivity contribution < 1.29 is 28.1 Å². The quantitative estimate of drug-likeness (QED) is 0.621. The average molecular weight is 384 g/mol. The molecule has 2 heterocycles. The van der Waals surface area contributed by atoms with Gasteiger partial charge in [0, 0.05) is 28.8 Å². The van der Waals surface area contributed by atoms with Crippen LogP contribution in [0.3, 0.4) is 0 Å². The molecule has 6 nitrogen and oxygen atoms in total. The fraction of sp³-hybridized carbons (Fsp3) is 0.133. The van der Waals surface area contributed by atoms with Crippen molar-refractivity contribution in [2.75, 3.05) is 0 Å². The molecule has 130 valence electrons. The summed E-state index contributed by atoms with van der Waals surface area (Å²) >= 11 is 1.04. The number of aliphatic hydroxyl groups excluding tert-OH is 1. The van der Waals surface area contributed by atoms with Gasteiger partial charge in [-0.3, -0.25) is 4.79 Å². The van der Waals surface area contributed by atoms with Crippen molar-refractivity contribution in [3.8, 4) is 0 Å². The summed E-state index contributed by atoms with van der Waals surface area (Å²) < 4.78 is 39.1. The molecule has 1 unspecified atom stereocenters. The van der Waals surface area contributed by atoms with Gasteiger partial charge in [-0.2, -0.15) is 0 Å². The first-order valence-electron chi connectivity index (χ1n) is 7.09. The van der Waals surface area contributed by atoms with Crippen LogP contribution in [0, 0.1) is 11.6 Å². The lowest BCUT2D eigenvalue weighted by atomic mass is 10.1. The van der Waals surface area contributed by atoms with E-state index in [-0.39, 0.29) is 39.5 Å². The molecule has 1 aromatic carbocycles. The number of aliphatic hydroxyl groups is 1. The molecule has 0 spiro atoms. The smallest absolute Gasteiger partial charge is 0.444 e. The number of carbonyl (C=O) groups is 1. The molecule has 1 atom stereocenters. The lowest BCUT2D eigenvalue weighted by Gasteiger charge is -2.06. The van der Waals surface area contributed by atoms with Crippen LogP contribution in [0.15, 0.2) is 34.5 Å². The van der Waals surface area contributed by atoms with Gasteiger partial charge in [-0.25, -0.2) is 8.78 Å². The van der Waals surface area contributed by atoms with E-state index in [0.29, 0.717) is 5.70 Å². The second-order valence-corrected chi connectivity index (χ2v) is 6.92. The summed E-state index contributed by atoms with van der Waals surface area (Å²) in [5.41, 5.74) is 0.199. The highest BCUT2D eigenvalue weighted by Crippen LogP contribution is 2.37. The molecule has 0 fully saturated rings. The van der Waals surface area contributed by atoms with Crippen molar-refractivity contribution in [2.45, 2.75) is 13.3 Å². The van der Waals surface area contributed by atoms with Gasteiger partial charge in [0.2, 0.25) is 0 Å². The Hall–Kier alpha value is -2.22. The highest BCUT2D eigenvalue weighted by atomic mass is 32.2. The molecule has 3 rings (SSSR count). The number of allylic oxidation sites excluding steroid dienone is 1. The fourth-order valence-corrected chi connectivity index (χ4v) is 3.76. The summed E-state index contributed by atoms with van der Waals surface area (Å²) in [6, 6.07) is 1.56. The number of benzene rings is 1. The Balaban J connectivity index is 2.13. The molecule has 0 saturated carbocycles. The minimum absolute atomic E-state index is 0.00157. The van der Waals surface area contributed by atoms with Crippen LogP contribution in [-0.2, 0) is 9.36 Å². The molecule has 25 heavy (non-hydrogen) atoms. The fourth-order valence-electron chi connectivity index (χ4n) is 2.39. The van der Waals surface area contributed by atoms with E-state index in [1.165, 1.54) is 5.41 Å². The van der Waals surface area contributed by atoms with Crippen molar-refractivity contribution in [1.82, 2.24) is 9.65 Å². The molecule has 1 aliphatic rings. The third kappa shape index (κ3) is 3.06. The Bertz CT molecular complexity index is 984. The number of nitrogens with one attached hydrogen (secondary N) is 1. The molecule has 0 amide bonds. The number of Topliss-reactive ketones (excluding diaryl/α,β-unsaturated/α-hetero) is 1. The predicted octanol–water partition coefficient (Wildman–Crippen LogP) is 3.13. The monoisotopic (exact) mass is 384 g/mol. The highest BCUT2D eigenvalue weighted by molar-refractivity contribution is 8.06. The maximum Gasteiger partial charge on any atom is 0.444 e. The van der Waals surface area contributed by atoms with E-state index in [0.717, 1.165) is 34.4 Å². The molecule has 1 aliphatic heterocycles. The molecule has 0 aliphatic carbocycles. The Kier molecular flexibility index (Phi) is 4.64. The van der Waals surface area contributed by atoms with E-state index in [1.807, 2.05) is 0 Å². The van der Waals surface area contributed by atoms with Gasteiger partial charge in [0.15, 0.2) is 23.2 Å². The molecule has 2 aromatic rings. The summed E-state index contributed by atoms with van der Waals surface area (Å²) in [7, 11) is -3.16. The van der Waals surface area contributed by atoms with Crippen LogP contribution >= 0.6 is 19.9 Å². The van der Waals surface area contributed by atoms with E-state index >= 15 is 0 Å². The third-order valence-corrected chi connectivity index (χ3v) is 5.20. The molecular weight excluding hydrogens is 373 g/mol. The van der Waals surface area contributed by atoms with Crippen LogP contribution in [0.4, 0.5) is 8.78 Å². The molecule has 0 radical (unpaired) electrons. The van der Waals surface area contributed by atoms with Gasteiger partial charge in [0.05, 0.1) is 17.4 Å². The van der Waals surface area contributed by atoms with E-state index in [9.17, 15) is 28.1 Å². The summed E-state index contributed by atoms with van der Waals surface area (Å²) in [5.74, 6) is -2.90. The zero-order chi connectivity index (χ0) is 18.3. The second-order valence-electron chi connectivity index (χ2n) is 5.14. The number of rotatable bonds is 4. The Morgan fingerprint density at radius 1 is 1.40 bits per heavy atom. The minimum atomic E-state index is -3.16. The van der Waals surface area contributed by atoms with Gasteiger partial charge in [-0.05, 0) is 10.6 Å². The van der Waals surface area contributed by atoms with E-state index in [2.05, 4.69) is 5.32 Å². The first-order valence-corrected chi connectivity index (χ1v) is 9.10. The third-order valence-electron chi connectivity index (χ3n) is 3.64. The van der Waals surface area contributed by atoms with Gasteiger partial charge in [-0.1, -0.05) is 18.7 Å². The average Bonchev–Trinajstić information content (AvgIpc) is 3.19. The van der Waals surface area contributed by atoms with Crippen molar-refractivity contribution in [3.63, 3.8) is 0 Å². The van der Waals surface area contributed by atoms with Crippen LogP contribution in [0.5, 0.6) is 0 Å². The normalized spacial score (nSPS) is 16.6. The van der Waals surface area contributed by atoms with Gasteiger partial charge in [0.25, 0.3) is 0 Å². The summed E-state index contributed by atoms with van der Waals surface area (Å²) in [6.07, 6.45) is 1.34. The summed E-state index contributed by atoms with van der Waals surface area (Å²) in [4.78, 5) is 23.0. The zero-order valence-corrected chi connectivity index (χ0v) is 14.5. The van der Waals surface area contributed by atoms with Gasteiger partial charge < -0.3 is 15.3 Å². The van der Waals surface area contributed by atoms with Gasteiger partial charge >= 0.3 is 8.18 Å². The standard InChI is InChI=1S/C15H11F2N2O4PS/c1-2-13(20)11-6-25-15(18-11)14(21)8-5-19(24(22)23)12-4-10(17)9(16)3-7(8)12/h3-6,18,21H,2H2,1H3. The van der Waals surface area contributed by atoms with Crippen molar-refractivity contribution in [2.24, 2.45) is 0 Å². The van der Waals surface area contributed by atoms with E-state index in [1.54, 1.807) is 6.92 Å².